The van der Waals surface area contributed by atoms with E-state index >= 15 is 0 Å². The summed E-state index contributed by atoms with van der Waals surface area (Å²) >= 11 is 1.71. The van der Waals surface area contributed by atoms with Gasteiger partial charge in [-0.05, 0) is 12.5 Å². The van der Waals surface area contributed by atoms with Crippen LogP contribution < -0.4 is 0 Å². The van der Waals surface area contributed by atoms with E-state index in [9.17, 15) is 4.79 Å². The first-order valence-corrected chi connectivity index (χ1v) is 8.43. The maximum atomic E-state index is 12.2. The molecule has 3 rings (SSSR count). The Morgan fingerprint density at radius 1 is 1.27 bits per heavy atom. The second kappa shape index (κ2) is 6.48. The van der Waals surface area contributed by atoms with E-state index in [1.165, 1.54) is 5.56 Å². The number of aromatic nitrogens is 2. The highest BCUT2D eigenvalue weighted by Crippen LogP contribution is 2.36. The van der Waals surface area contributed by atoms with Crippen molar-refractivity contribution >= 4 is 17.7 Å². The minimum absolute atomic E-state index is 0.151. The van der Waals surface area contributed by atoms with Crippen LogP contribution in [0.25, 0.3) is 0 Å². The van der Waals surface area contributed by atoms with E-state index in [2.05, 4.69) is 29.0 Å². The van der Waals surface area contributed by atoms with E-state index in [1.54, 1.807) is 24.2 Å². The maximum Gasteiger partial charge on any atom is 0.233 e. The van der Waals surface area contributed by atoms with E-state index in [-0.39, 0.29) is 17.2 Å². The third-order valence-electron chi connectivity index (χ3n) is 3.92. The van der Waals surface area contributed by atoms with Crippen molar-refractivity contribution in [2.24, 2.45) is 0 Å². The predicted molar refractivity (Wildman–Crippen MR) is 88.4 cm³/mol. The number of benzene rings is 1. The molecular weight excluding hydrogens is 294 g/mol. The molecule has 2 atom stereocenters. The van der Waals surface area contributed by atoms with Gasteiger partial charge in [0.05, 0.1) is 35.3 Å². The summed E-state index contributed by atoms with van der Waals surface area (Å²) in [5.74, 6) is 1.01. The average Bonchev–Trinajstić information content (AvgIpc) is 2.91. The molecule has 1 amide bonds. The Labute approximate surface area is 135 Å². The predicted octanol–water partition coefficient (Wildman–Crippen LogP) is 2.99. The molecule has 0 spiro atoms. The Hall–Kier alpha value is -1.88. The summed E-state index contributed by atoms with van der Waals surface area (Å²) < 4.78 is 0. The van der Waals surface area contributed by atoms with Crippen molar-refractivity contribution in [2.75, 3.05) is 5.75 Å². The summed E-state index contributed by atoms with van der Waals surface area (Å²) in [6, 6.07) is 10.4. The molecule has 1 fully saturated rings. The van der Waals surface area contributed by atoms with E-state index < -0.39 is 0 Å². The van der Waals surface area contributed by atoms with E-state index in [4.69, 9.17) is 0 Å². The molecule has 1 saturated heterocycles. The van der Waals surface area contributed by atoms with Gasteiger partial charge in [-0.25, -0.2) is 0 Å². The molecule has 2 unspecified atom stereocenters. The zero-order valence-corrected chi connectivity index (χ0v) is 13.6. The summed E-state index contributed by atoms with van der Waals surface area (Å²) in [6.07, 6.45) is 3.51. The van der Waals surface area contributed by atoms with Crippen molar-refractivity contribution in [1.29, 1.82) is 0 Å². The highest BCUT2D eigenvalue weighted by Gasteiger charge is 2.36. The highest BCUT2D eigenvalue weighted by molar-refractivity contribution is 8.01. The van der Waals surface area contributed by atoms with Crippen molar-refractivity contribution in [2.45, 2.75) is 31.7 Å². The molecule has 22 heavy (non-hydrogen) atoms. The number of aryl methyl sites for hydroxylation is 1. The fourth-order valence-electron chi connectivity index (χ4n) is 2.66. The fourth-order valence-corrected chi connectivity index (χ4v) is 3.96. The summed E-state index contributed by atoms with van der Waals surface area (Å²) in [5, 5.41) is 0.151. The summed E-state index contributed by atoms with van der Waals surface area (Å²) in [5.41, 5.74) is 2.99. The molecule has 5 heteroatoms. The Morgan fingerprint density at radius 3 is 2.73 bits per heavy atom. The first-order valence-electron chi connectivity index (χ1n) is 7.38. The standard InChI is InChI=1S/C17H19N3OS/c1-12-8-19-15(9-18-12)10-20-16(21)11-22-17(20)13(2)14-6-4-3-5-7-14/h3-9,13,17H,10-11H2,1-2H3. The number of hydrogen-bond acceptors (Lipinski definition) is 4. The molecule has 2 aromatic rings. The lowest BCUT2D eigenvalue weighted by Crippen LogP contribution is -2.35. The first-order chi connectivity index (χ1) is 10.6. The maximum absolute atomic E-state index is 12.2. The molecule has 0 radical (unpaired) electrons. The lowest BCUT2D eigenvalue weighted by molar-refractivity contribution is -0.128. The van der Waals surface area contributed by atoms with Crippen molar-refractivity contribution in [1.82, 2.24) is 14.9 Å². The van der Waals surface area contributed by atoms with Gasteiger partial charge in [-0.3, -0.25) is 14.8 Å². The molecule has 114 valence electrons. The van der Waals surface area contributed by atoms with Crippen LogP contribution in [0.15, 0.2) is 42.7 Å². The number of rotatable bonds is 4. The molecule has 0 aliphatic carbocycles. The van der Waals surface area contributed by atoms with Crippen molar-refractivity contribution in [3.8, 4) is 0 Å². The van der Waals surface area contributed by atoms with Crippen LogP contribution in [0.2, 0.25) is 0 Å². The number of carbonyl (C=O) groups excluding carboxylic acids is 1. The lowest BCUT2D eigenvalue weighted by Gasteiger charge is -2.28. The van der Waals surface area contributed by atoms with Crippen LogP contribution in [0.3, 0.4) is 0 Å². The largest absolute Gasteiger partial charge is 0.323 e. The third kappa shape index (κ3) is 3.14. The number of nitrogens with zero attached hydrogens (tertiary/aromatic N) is 3. The minimum atomic E-state index is 0.151. The van der Waals surface area contributed by atoms with Crippen molar-refractivity contribution in [3.63, 3.8) is 0 Å². The molecule has 0 N–H and O–H groups in total. The SMILES string of the molecule is Cc1cnc(CN2C(=O)CSC2C(C)c2ccccc2)cn1. The summed E-state index contributed by atoms with van der Waals surface area (Å²) in [7, 11) is 0. The van der Waals surface area contributed by atoms with Gasteiger partial charge in [-0.15, -0.1) is 11.8 Å². The van der Waals surface area contributed by atoms with Crippen LogP contribution in [-0.2, 0) is 11.3 Å². The van der Waals surface area contributed by atoms with Gasteiger partial charge in [0.25, 0.3) is 0 Å². The molecular formula is C17H19N3OS. The fraction of sp³-hybridized carbons (Fsp3) is 0.353. The van der Waals surface area contributed by atoms with Gasteiger partial charge in [-0.2, -0.15) is 0 Å². The number of thioether (sulfide) groups is 1. The van der Waals surface area contributed by atoms with E-state index in [1.807, 2.05) is 30.0 Å². The monoisotopic (exact) mass is 313 g/mol. The molecule has 1 aromatic carbocycles. The van der Waals surface area contributed by atoms with Crippen LogP contribution in [-0.4, -0.2) is 31.9 Å². The highest BCUT2D eigenvalue weighted by atomic mass is 32.2. The van der Waals surface area contributed by atoms with Gasteiger partial charge < -0.3 is 4.90 Å². The van der Waals surface area contributed by atoms with Crippen LogP contribution >= 0.6 is 11.8 Å². The molecule has 1 aliphatic rings. The molecule has 1 aromatic heterocycles. The van der Waals surface area contributed by atoms with Crippen LogP contribution in [0.5, 0.6) is 0 Å². The quantitative estimate of drug-likeness (QED) is 0.870. The Kier molecular flexibility index (Phi) is 4.43. The van der Waals surface area contributed by atoms with Crippen molar-refractivity contribution < 1.29 is 4.79 Å². The number of hydrogen-bond donors (Lipinski definition) is 0. The molecule has 4 nitrogen and oxygen atoms in total. The van der Waals surface area contributed by atoms with Gasteiger partial charge in [0.2, 0.25) is 5.91 Å². The second-order valence-corrected chi connectivity index (χ2v) is 6.68. The summed E-state index contributed by atoms with van der Waals surface area (Å²) in [6.45, 7) is 4.62. The zero-order chi connectivity index (χ0) is 15.5. The lowest BCUT2D eigenvalue weighted by atomic mass is 10.0. The Balaban J connectivity index is 1.79. The number of amides is 1. The van der Waals surface area contributed by atoms with Crippen LogP contribution in [0.1, 0.15) is 29.8 Å². The first kappa shape index (κ1) is 15.0. The average molecular weight is 313 g/mol. The zero-order valence-electron chi connectivity index (χ0n) is 12.8. The topological polar surface area (TPSA) is 46.1 Å². The van der Waals surface area contributed by atoms with Gasteiger partial charge in [0.15, 0.2) is 0 Å². The Morgan fingerprint density at radius 2 is 2.05 bits per heavy atom. The van der Waals surface area contributed by atoms with E-state index in [0.717, 1.165) is 11.4 Å². The van der Waals surface area contributed by atoms with Gasteiger partial charge in [-0.1, -0.05) is 37.3 Å². The van der Waals surface area contributed by atoms with Gasteiger partial charge >= 0.3 is 0 Å². The number of carbonyl (C=O) groups is 1. The second-order valence-electron chi connectivity index (χ2n) is 5.57. The van der Waals surface area contributed by atoms with E-state index in [0.29, 0.717) is 12.3 Å². The molecule has 1 aliphatic heterocycles. The molecule has 2 heterocycles. The molecule has 0 saturated carbocycles. The smallest absolute Gasteiger partial charge is 0.233 e. The normalized spacial score (nSPS) is 19.5. The van der Waals surface area contributed by atoms with Crippen molar-refractivity contribution in [3.05, 3.63) is 59.7 Å². The minimum Gasteiger partial charge on any atom is -0.323 e. The Bertz CT molecular complexity index is 645. The van der Waals surface area contributed by atoms with Crippen LogP contribution in [0.4, 0.5) is 0 Å². The van der Waals surface area contributed by atoms with Gasteiger partial charge in [0.1, 0.15) is 0 Å². The van der Waals surface area contributed by atoms with Crippen LogP contribution in [0, 0.1) is 6.92 Å². The summed E-state index contributed by atoms with van der Waals surface area (Å²) in [4.78, 5) is 22.8. The van der Waals surface area contributed by atoms with Gasteiger partial charge in [0, 0.05) is 12.1 Å². The third-order valence-corrected chi connectivity index (χ3v) is 5.34. The molecule has 0 bridgehead atoms.